The Labute approximate surface area is 118 Å². The maximum Gasteiger partial charge on any atom is 0.166 e. The number of benzene rings is 1. The minimum Gasteiger partial charge on any atom is -0.391 e. The highest BCUT2D eigenvalue weighted by Crippen LogP contribution is 2.20. The second kappa shape index (κ2) is 6.93. The fourth-order valence-corrected chi connectivity index (χ4v) is 2.66. The number of aliphatic hydroxyl groups is 1. The van der Waals surface area contributed by atoms with Gasteiger partial charge in [0.2, 0.25) is 0 Å². The number of thioether (sulfide) groups is 1. The van der Waals surface area contributed by atoms with E-state index in [9.17, 15) is 5.11 Å². The molecule has 0 saturated carbocycles. The van der Waals surface area contributed by atoms with Gasteiger partial charge in [0, 0.05) is 12.3 Å². The van der Waals surface area contributed by atoms with Gasteiger partial charge in [-0.3, -0.25) is 0 Å². The van der Waals surface area contributed by atoms with Crippen molar-refractivity contribution in [2.75, 3.05) is 18.8 Å². The summed E-state index contributed by atoms with van der Waals surface area (Å²) in [7, 11) is 0. The zero-order chi connectivity index (χ0) is 13.7. The topological polar surface area (TPSA) is 60.9 Å². The van der Waals surface area contributed by atoms with Gasteiger partial charge in [0.15, 0.2) is 5.16 Å². The van der Waals surface area contributed by atoms with Gasteiger partial charge in [0.1, 0.15) is 0 Å². The van der Waals surface area contributed by atoms with Crippen LogP contribution in [0, 0.1) is 6.92 Å². The molecular formula is C14H21N3OS. The lowest BCUT2D eigenvalue weighted by atomic mass is 10.2. The Kier molecular flexibility index (Phi) is 5.24. The van der Waals surface area contributed by atoms with E-state index in [4.69, 9.17) is 0 Å². The molecule has 1 atom stereocenters. The molecule has 0 saturated heterocycles. The van der Waals surface area contributed by atoms with Gasteiger partial charge in [-0.1, -0.05) is 24.8 Å². The van der Waals surface area contributed by atoms with Gasteiger partial charge in [-0.2, -0.15) is 0 Å². The van der Waals surface area contributed by atoms with Crippen molar-refractivity contribution >= 4 is 22.8 Å². The Morgan fingerprint density at radius 2 is 2.32 bits per heavy atom. The van der Waals surface area contributed by atoms with E-state index in [1.165, 1.54) is 5.56 Å². The molecule has 104 valence electrons. The number of aryl methyl sites for hydroxylation is 1. The number of nitrogens with one attached hydrogen (secondary N) is 2. The number of fused-ring (bicyclic) bond motifs is 1. The van der Waals surface area contributed by atoms with Gasteiger partial charge in [0.05, 0.1) is 17.1 Å². The first-order chi connectivity index (χ1) is 9.19. The van der Waals surface area contributed by atoms with E-state index in [-0.39, 0.29) is 6.10 Å². The molecule has 1 aromatic heterocycles. The molecule has 2 rings (SSSR count). The number of imidazole rings is 1. The number of H-pyrrole nitrogens is 1. The van der Waals surface area contributed by atoms with Crippen LogP contribution >= 0.6 is 11.8 Å². The molecule has 0 amide bonds. The van der Waals surface area contributed by atoms with Crippen LogP contribution < -0.4 is 5.32 Å². The van der Waals surface area contributed by atoms with Crippen LogP contribution in [-0.2, 0) is 0 Å². The highest BCUT2D eigenvalue weighted by atomic mass is 32.2. The maximum absolute atomic E-state index is 9.83. The zero-order valence-electron chi connectivity index (χ0n) is 11.4. The van der Waals surface area contributed by atoms with Crippen molar-refractivity contribution in [3.63, 3.8) is 0 Å². The average molecular weight is 279 g/mol. The Morgan fingerprint density at radius 3 is 3.11 bits per heavy atom. The van der Waals surface area contributed by atoms with E-state index in [0.717, 1.165) is 29.2 Å². The molecule has 1 heterocycles. The molecule has 0 aliphatic rings. The largest absolute Gasteiger partial charge is 0.391 e. The molecule has 1 aromatic carbocycles. The van der Waals surface area contributed by atoms with Crippen molar-refractivity contribution in [1.29, 1.82) is 0 Å². The quantitative estimate of drug-likeness (QED) is 0.538. The lowest BCUT2D eigenvalue weighted by Gasteiger charge is -2.09. The molecule has 2 aromatic rings. The van der Waals surface area contributed by atoms with Crippen LogP contribution in [0.4, 0.5) is 0 Å². The minimum absolute atomic E-state index is 0.341. The zero-order valence-corrected chi connectivity index (χ0v) is 12.3. The molecule has 3 N–H and O–H groups in total. The van der Waals surface area contributed by atoms with Gasteiger partial charge in [0.25, 0.3) is 0 Å². The summed E-state index contributed by atoms with van der Waals surface area (Å²) in [5.74, 6) is 0.648. The van der Waals surface area contributed by atoms with Crippen LogP contribution in [0.3, 0.4) is 0 Å². The lowest BCUT2D eigenvalue weighted by molar-refractivity contribution is 0.196. The van der Waals surface area contributed by atoms with E-state index in [0.29, 0.717) is 12.3 Å². The second-order valence-corrected chi connectivity index (χ2v) is 5.74. The molecule has 19 heavy (non-hydrogen) atoms. The van der Waals surface area contributed by atoms with Crippen molar-refractivity contribution in [3.8, 4) is 0 Å². The maximum atomic E-state index is 9.83. The second-order valence-electron chi connectivity index (χ2n) is 4.73. The Bertz CT molecular complexity index is 526. The van der Waals surface area contributed by atoms with Gasteiger partial charge < -0.3 is 15.4 Å². The summed E-state index contributed by atoms with van der Waals surface area (Å²) in [6, 6.07) is 6.16. The van der Waals surface area contributed by atoms with E-state index in [1.807, 2.05) is 6.07 Å². The Balaban J connectivity index is 1.87. The molecule has 4 nitrogen and oxygen atoms in total. The number of aromatic amines is 1. The summed E-state index contributed by atoms with van der Waals surface area (Å²) in [5, 5.41) is 13.9. The van der Waals surface area contributed by atoms with E-state index in [2.05, 4.69) is 41.3 Å². The Hall–Kier alpha value is -1.04. The molecule has 0 spiro atoms. The predicted octanol–water partition coefficient (Wildman–Crippen LogP) is 2.32. The summed E-state index contributed by atoms with van der Waals surface area (Å²) < 4.78 is 0. The monoisotopic (exact) mass is 279 g/mol. The molecule has 0 radical (unpaired) electrons. The smallest absolute Gasteiger partial charge is 0.166 e. The van der Waals surface area contributed by atoms with Crippen LogP contribution in [0.15, 0.2) is 23.4 Å². The van der Waals surface area contributed by atoms with Crippen LogP contribution in [0.25, 0.3) is 11.0 Å². The predicted molar refractivity (Wildman–Crippen MR) is 80.7 cm³/mol. The first-order valence-corrected chi connectivity index (χ1v) is 7.65. The van der Waals surface area contributed by atoms with Crippen molar-refractivity contribution in [3.05, 3.63) is 23.8 Å². The number of nitrogens with zero attached hydrogens (tertiary/aromatic N) is 1. The number of hydrogen-bond donors (Lipinski definition) is 3. The first-order valence-electron chi connectivity index (χ1n) is 6.67. The SMILES string of the molecule is CCCNCC(O)CSc1nc2ccc(C)cc2[nH]1. The van der Waals surface area contributed by atoms with Crippen molar-refractivity contribution in [2.24, 2.45) is 0 Å². The van der Waals surface area contributed by atoms with Crippen LogP contribution in [0.2, 0.25) is 0 Å². The van der Waals surface area contributed by atoms with Crippen molar-refractivity contribution < 1.29 is 5.11 Å². The third kappa shape index (κ3) is 4.23. The summed E-state index contributed by atoms with van der Waals surface area (Å²) in [6.07, 6.45) is 0.745. The molecule has 0 aliphatic heterocycles. The third-order valence-corrected chi connectivity index (χ3v) is 3.85. The number of rotatable bonds is 7. The summed E-state index contributed by atoms with van der Waals surface area (Å²) in [4.78, 5) is 7.78. The highest BCUT2D eigenvalue weighted by Gasteiger charge is 2.08. The normalized spacial score (nSPS) is 13.0. The van der Waals surface area contributed by atoms with Crippen LogP contribution in [0.1, 0.15) is 18.9 Å². The van der Waals surface area contributed by atoms with E-state index < -0.39 is 0 Å². The van der Waals surface area contributed by atoms with Crippen molar-refractivity contribution in [2.45, 2.75) is 31.5 Å². The highest BCUT2D eigenvalue weighted by molar-refractivity contribution is 7.99. The van der Waals surface area contributed by atoms with Crippen LogP contribution in [0.5, 0.6) is 0 Å². The summed E-state index contributed by atoms with van der Waals surface area (Å²) in [6.45, 7) is 5.77. The Morgan fingerprint density at radius 1 is 1.47 bits per heavy atom. The van der Waals surface area contributed by atoms with Gasteiger partial charge in [-0.05, 0) is 37.6 Å². The average Bonchev–Trinajstić information content (AvgIpc) is 2.78. The number of hydrogen-bond acceptors (Lipinski definition) is 4. The number of aromatic nitrogens is 2. The van der Waals surface area contributed by atoms with Gasteiger partial charge in [-0.25, -0.2) is 4.98 Å². The first kappa shape index (κ1) is 14.4. The standard InChI is InChI=1S/C14H21N3OS/c1-3-6-15-8-11(18)9-19-14-16-12-5-4-10(2)7-13(12)17-14/h4-5,7,11,15,18H,3,6,8-9H2,1-2H3,(H,16,17). The van der Waals surface area contributed by atoms with Crippen molar-refractivity contribution in [1.82, 2.24) is 15.3 Å². The fourth-order valence-electron chi connectivity index (χ4n) is 1.85. The summed E-state index contributed by atoms with van der Waals surface area (Å²) >= 11 is 1.56. The molecule has 0 aliphatic carbocycles. The molecule has 0 fully saturated rings. The molecule has 1 unspecified atom stereocenters. The fraction of sp³-hybridized carbons (Fsp3) is 0.500. The van der Waals surface area contributed by atoms with Gasteiger partial charge >= 0.3 is 0 Å². The summed E-state index contributed by atoms with van der Waals surface area (Å²) in [5.41, 5.74) is 3.25. The molecular weight excluding hydrogens is 258 g/mol. The lowest BCUT2D eigenvalue weighted by Crippen LogP contribution is -2.28. The number of aliphatic hydroxyl groups excluding tert-OH is 1. The molecule has 0 bridgehead atoms. The van der Waals surface area contributed by atoms with Gasteiger partial charge in [-0.15, -0.1) is 0 Å². The minimum atomic E-state index is -0.341. The molecule has 5 heteroatoms. The van der Waals surface area contributed by atoms with Crippen LogP contribution in [-0.4, -0.2) is 40.0 Å². The van der Waals surface area contributed by atoms with E-state index >= 15 is 0 Å². The third-order valence-electron chi connectivity index (χ3n) is 2.83. The van der Waals surface area contributed by atoms with E-state index in [1.54, 1.807) is 11.8 Å².